The van der Waals surface area contributed by atoms with Gasteiger partial charge in [0.1, 0.15) is 5.01 Å². The molecule has 3 nitrogen and oxygen atoms in total. The minimum atomic E-state index is -0.217. The van der Waals surface area contributed by atoms with Crippen LogP contribution in [-0.4, -0.2) is 17.6 Å². The third-order valence-electron chi connectivity index (χ3n) is 3.51. The van der Waals surface area contributed by atoms with Crippen LogP contribution in [0.2, 0.25) is 0 Å². The number of esters is 1. The van der Waals surface area contributed by atoms with Crippen molar-refractivity contribution in [2.24, 2.45) is 0 Å². The Balaban J connectivity index is 2.21. The first-order chi connectivity index (χ1) is 10.3. The highest BCUT2D eigenvalue weighted by Gasteiger charge is 2.16. The van der Waals surface area contributed by atoms with Crippen LogP contribution >= 0.6 is 11.3 Å². The Bertz CT molecular complexity index is 651. The lowest BCUT2D eigenvalue weighted by molar-refractivity contribution is -0.142. The minimum Gasteiger partial charge on any atom is -0.466 e. The number of ether oxygens (including phenoxy) is 1. The fourth-order valence-electron chi connectivity index (χ4n) is 2.18. The van der Waals surface area contributed by atoms with Crippen molar-refractivity contribution in [2.45, 2.75) is 46.5 Å². The molecule has 4 heteroatoms. The molecule has 1 aromatic heterocycles. The molecular formula is C18H23NO2S. The first-order valence-electron chi connectivity index (χ1n) is 7.54. The van der Waals surface area contributed by atoms with Crippen molar-refractivity contribution in [3.8, 4) is 10.6 Å². The van der Waals surface area contributed by atoms with Crippen LogP contribution < -0.4 is 0 Å². The van der Waals surface area contributed by atoms with E-state index in [9.17, 15) is 4.79 Å². The maximum Gasteiger partial charge on any atom is 0.311 e. The van der Waals surface area contributed by atoms with E-state index >= 15 is 0 Å². The summed E-state index contributed by atoms with van der Waals surface area (Å²) in [5.74, 6) is -0.217. The number of carbonyl (C=O) groups is 1. The van der Waals surface area contributed by atoms with Gasteiger partial charge in [0.15, 0.2) is 0 Å². The molecule has 0 unspecified atom stereocenters. The number of aromatic nitrogens is 1. The summed E-state index contributed by atoms with van der Waals surface area (Å²) in [6.07, 6.45) is 0.246. The molecule has 0 radical (unpaired) electrons. The normalized spacial score (nSPS) is 11.5. The maximum absolute atomic E-state index is 11.6. The Morgan fingerprint density at radius 3 is 2.41 bits per heavy atom. The molecule has 0 aliphatic heterocycles. The number of nitrogens with zero attached hydrogens (tertiary/aromatic N) is 1. The molecule has 118 valence electrons. The maximum atomic E-state index is 11.6. The molecule has 0 amide bonds. The van der Waals surface area contributed by atoms with Crippen LogP contribution in [0.4, 0.5) is 0 Å². The van der Waals surface area contributed by atoms with Gasteiger partial charge in [0.05, 0.1) is 18.7 Å². The molecule has 0 saturated carbocycles. The molecule has 1 heterocycles. The highest BCUT2D eigenvalue weighted by atomic mass is 32.1. The predicted molar refractivity (Wildman–Crippen MR) is 91.3 cm³/mol. The third-order valence-corrected chi connectivity index (χ3v) is 4.57. The first-order valence-corrected chi connectivity index (χ1v) is 8.35. The lowest BCUT2D eigenvalue weighted by atomic mass is 9.87. The fourth-order valence-corrected chi connectivity index (χ4v) is 3.11. The number of hydrogen-bond donors (Lipinski definition) is 0. The van der Waals surface area contributed by atoms with Crippen LogP contribution in [0.3, 0.4) is 0 Å². The molecule has 2 aromatic rings. The summed E-state index contributed by atoms with van der Waals surface area (Å²) < 4.78 is 4.99. The molecule has 0 spiro atoms. The van der Waals surface area contributed by atoms with E-state index in [1.54, 1.807) is 11.3 Å². The van der Waals surface area contributed by atoms with Gasteiger partial charge in [-0.1, -0.05) is 45.0 Å². The highest BCUT2D eigenvalue weighted by Crippen LogP contribution is 2.30. The van der Waals surface area contributed by atoms with Crippen molar-refractivity contribution in [1.29, 1.82) is 0 Å². The molecule has 0 N–H and O–H groups in total. The summed E-state index contributed by atoms with van der Waals surface area (Å²) in [6, 6.07) is 8.51. The molecule has 0 aliphatic carbocycles. The second-order valence-corrected chi connectivity index (χ2v) is 7.53. The number of thiazole rings is 1. The van der Waals surface area contributed by atoms with Crippen molar-refractivity contribution in [3.63, 3.8) is 0 Å². The molecular weight excluding hydrogens is 294 g/mol. The number of benzene rings is 1. The highest BCUT2D eigenvalue weighted by molar-refractivity contribution is 7.15. The number of rotatable bonds is 4. The van der Waals surface area contributed by atoms with Crippen molar-refractivity contribution in [1.82, 2.24) is 4.98 Å². The standard InChI is InChI=1S/C18H23NO2S/c1-6-21-16(20)11-15-12(2)22-17(19-15)13-7-9-14(10-8-13)18(3,4)5/h7-10H,6,11H2,1-5H3. The molecule has 0 fully saturated rings. The Hall–Kier alpha value is -1.68. The van der Waals surface area contributed by atoms with Gasteiger partial charge in [0, 0.05) is 10.4 Å². The number of carbonyl (C=O) groups excluding carboxylic acids is 1. The molecule has 0 saturated heterocycles. The van der Waals surface area contributed by atoms with Gasteiger partial charge in [0.2, 0.25) is 0 Å². The smallest absolute Gasteiger partial charge is 0.311 e. The molecule has 0 bridgehead atoms. The van der Waals surface area contributed by atoms with Crippen molar-refractivity contribution in [2.75, 3.05) is 6.61 Å². The van der Waals surface area contributed by atoms with E-state index in [-0.39, 0.29) is 17.8 Å². The quantitative estimate of drug-likeness (QED) is 0.778. The van der Waals surface area contributed by atoms with Gasteiger partial charge >= 0.3 is 5.97 Å². The molecule has 22 heavy (non-hydrogen) atoms. The SMILES string of the molecule is CCOC(=O)Cc1nc(-c2ccc(C(C)(C)C)cc2)sc1C. The van der Waals surface area contributed by atoms with Gasteiger partial charge in [0.25, 0.3) is 0 Å². The van der Waals surface area contributed by atoms with Gasteiger partial charge in [-0.2, -0.15) is 0 Å². The number of aryl methyl sites for hydroxylation is 1. The first kappa shape index (κ1) is 16.7. The molecule has 1 aromatic carbocycles. The molecule has 0 atom stereocenters. The van der Waals surface area contributed by atoms with Crippen LogP contribution in [0.1, 0.15) is 43.8 Å². The minimum absolute atomic E-state index is 0.145. The van der Waals surface area contributed by atoms with Gasteiger partial charge < -0.3 is 4.74 Å². The van der Waals surface area contributed by atoms with Gasteiger partial charge in [-0.05, 0) is 24.8 Å². The van der Waals surface area contributed by atoms with E-state index in [0.717, 1.165) is 21.1 Å². The van der Waals surface area contributed by atoms with E-state index < -0.39 is 0 Å². The summed E-state index contributed by atoms with van der Waals surface area (Å²) in [6.45, 7) is 10.8. The lowest BCUT2D eigenvalue weighted by Gasteiger charge is -2.18. The largest absolute Gasteiger partial charge is 0.466 e. The topological polar surface area (TPSA) is 39.2 Å². The zero-order valence-electron chi connectivity index (χ0n) is 13.9. The average Bonchev–Trinajstić information content (AvgIpc) is 2.79. The zero-order valence-corrected chi connectivity index (χ0v) is 14.7. The third kappa shape index (κ3) is 3.95. The monoisotopic (exact) mass is 317 g/mol. The Morgan fingerprint density at radius 2 is 1.86 bits per heavy atom. The predicted octanol–water partition coefficient (Wildman–Crippen LogP) is 4.52. The van der Waals surface area contributed by atoms with Crippen LogP contribution in [0, 0.1) is 6.92 Å². The summed E-state index contributed by atoms with van der Waals surface area (Å²) >= 11 is 1.62. The van der Waals surface area contributed by atoms with Gasteiger partial charge in [-0.15, -0.1) is 11.3 Å². The molecule has 2 rings (SSSR count). The Kier molecular flexibility index (Phi) is 5.01. The van der Waals surface area contributed by atoms with Crippen molar-refractivity contribution in [3.05, 3.63) is 40.4 Å². The van der Waals surface area contributed by atoms with Crippen molar-refractivity contribution < 1.29 is 9.53 Å². The van der Waals surface area contributed by atoms with Crippen LogP contribution in [0.25, 0.3) is 10.6 Å². The number of hydrogen-bond acceptors (Lipinski definition) is 4. The van der Waals surface area contributed by atoms with E-state index in [0.29, 0.717) is 6.61 Å². The average molecular weight is 317 g/mol. The summed E-state index contributed by atoms with van der Waals surface area (Å²) in [7, 11) is 0. The van der Waals surface area contributed by atoms with Crippen LogP contribution in [0.15, 0.2) is 24.3 Å². The zero-order chi connectivity index (χ0) is 16.3. The lowest BCUT2D eigenvalue weighted by Crippen LogP contribution is -2.10. The summed E-state index contributed by atoms with van der Waals surface area (Å²) in [4.78, 5) is 17.3. The summed E-state index contributed by atoms with van der Waals surface area (Å²) in [5.41, 5.74) is 3.36. The van der Waals surface area contributed by atoms with E-state index in [1.165, 1.54) is 5.56 Å². The molecule has 0 aliphatic rings. The fraction of sp³-hybridized carbons (Fsp3) is 0.444. The second kappa shape index (κ2) is 6.61. The van der Waals surface area contributed by atoms with Gasteiger partial charge in [-0.3, -0.25) is 4.79 Å². The van der Waals surface area contributed by atoms with Crippen molar-refractivity contribution >= 4 is 17.3 Å². The summed E-state index contributed by atoms with van der Waals surface area (Å²) in [5, 5.41) is 0.956. The Morgan fingerprint density at radius 1 is 1.23 bits per heavy atom. The van der Waals surface area contributed by atoms with E-state index in [2.05, 4.69) is 50.0 Å². The second-order valence-electron chi connectivity index (χ2n) is 6.33. The van der Waals surface area contributed by atoms with Gasteiger partial charge in [-0.25, -0.2) is 4.98 Å². The van der Waals surface area contributed by atoms with E-state index in [1.807, 2.05) is 13.8 Å². The van der Waals surface area contributed by atoms with E-state index in [4.69, 9.17) is 4.74 Å². The van der Waals surface area contributed by atoms with Crippen LogP contribution in [-0.2, 0) is 21.4 Å². The van der Waals surface area contributed by atoms with Crippen LogP contribution in [0.5, 0.6) is 0 Å². The Labute approximate surface area is 136 Å².